The van der Waals surface area contributed by atoms with E-state index in [1.54, 1.807) is 12.4 Å². The smallest absolute Gasteiger partial charge is 0.242 e. The number of ether oxygens (including phenoxy) is 1. The Morgan fingerprint density at radius 2 is 2.12 bits per heavy atom. The SMILES string of the molecule is O=C(NCc1ccc2c(c1)CCCO2)C(c1cccnc1)N1CCCC1. The zero-order valence-electron chi connectivity index (χ0n) is 15.0. The molecule has 136 valence electrons. The Kier molecular flexibility index (Phi) is 5.16. The first-order valence-corrected chi connectivity index (χ1v) is 9.47. The molecule has 1 fully saturated rings. The number of likely N-dealkylation sites (tertiary alicyclic amines) is 1. The van der Waals surface area contributed by atoms with Gasteiger partial charge in [0.1, 0.15) is 11.8 Å². The number of benzene rings is 1. The van der Waals surface area contributed by atoms with Crippen molar-refractivity contribution >= 4 is 5.91 Å². The molecule has 2 aliphatic rings. The van der Waals surface area contributed by atoms with Gasteiger partial charge in [-0.1, -0.05) is 18.2 Å². The monoisotopic (exact) mass is 351 g/mol. The molecular formula is C21H25N3O2. The summed E-state index contributed by atoms with van der Waals surface area (Å²) < 4.78 is 5.67. The Labute approximate surface area is 154 Å². The van der Waals surface area contributed by atoms with Gasteiger partial charge in [0.15, 0.2) is 0 Å². The molecule has 1 aromatic heterocycles. The van der Waals surface area contributed by atoms with Crippen molar-refractivity contribution in [2.45, 2.75) is 38.3 Å². The Morgan fingerprint density at radius 1 is 1.23 bits per heavy atom. The van der Waals surface area contributed by atoms with Crippen LogP contribution in [0.25, 0.3) is 0 Å². The summed E-state index contributed by atoms with van der Waals surface area (Å²) in [6.07, 6.45) is 7.95. The molecule has 5 nitrogen and oxygen atoms in total. The van der Waals surface area contributed by atoms with Crippen molar-refractivity contribution in [3.8, 4) is 5.75 Å². The van der Waals surface area contributed by atoms with E-state index in [0.717, 1.165) is 62.3 Å². The number of carbonyl (C=O) groups excluding carboxylic acids is 1. The van der Waals surface area contributed by atoms with Gasteiger partial charge in [-0.05, 0) is 67.6 Å². The van der Waals surface area contributed by atoms with E-state index in [1.807, 2.05) is 24.3 Å². The molecule has 1 atom stereocenters. The first kappa shape index (κ1) is 17.0. The van der Waals surface area contributed by atoms with Crippen molar-refractivity contribution in [3.63, 3.8) is 0 Å². The normalized spacial score (nSPS) is 18.0. The van der Waals surface area contributed by atoms with Crippen LogP contribution < -0.4 is 10.1 Å². The minimum Gasteiger partial charge on any atom is -0.493 e. The van der Waals surface area contributed by atoms with Gasteiger partial charge in [-0.15, -0.1) is 0 Å². The summed E-state index contributed by atoms with van der Waals surface area (Å²) in [6, 6.07) is 9.85. The summed E-state index contributed by atoms with van der Waals surface area (Å²) in [4.78, 5) is 19.4. The third kappa shape index (κ3) is 3.73. The molecule has 1 saturated heterocycles. The van der Waals surface area contributed by atoms with E-state index in [1.165, 1.54) is 5.56 Å². The average Bonchev–Trinajstić information content (AvgIpc) is 3.21. The minimum atomic E-state index is -0.257. The molecule has 0 radical (unpaired) electrons. The van der Waals surface area contributed by atoms with Crippen LogP contribution in [0.3, 0.4) is 0 Å². The number of fused-ring (bicyclic) bond motifs is 1. The zero-order chi connectivity index (χ0) is 17.8. The molecule has 1 amide bonds. The summed E-state index contributed by atoms with van der Waals surface area (Å²) in [7, 11) is 0. The summed E-state index contributed by atoms with van der Waals surface area (Å²) in [5, 5.41) is 3.13. The second kappa shape index (κ2) is 7.87. The van der Waals surface area contributed by atoms with Crippen LogP contribution in [0.1, 0.15) is 42.0 Å². The van der Waals surface area contributed by atoms with Crippen molar-refractivity contribution in [1.82, 2.24) is 15.2 Å². The first-order valence-electron chi connectivity index (χ1n) is 9.47. The number of rotatable bonds is 5. The molecular weight excluding hydrogens is 326 g/mol. The lowest BCUT2D eigenvalue weighted by atomic mass is 10.0. The Morgan fingerprint density at radius 3 is 2.92 bits per heavy atom. The predicted molar refractivity (Wildman–Crippen MR) is 99.9 cm³/mol. The molecule has 2 aromatic rings. The number of nitrogens with zero attached hydrogens (tertiary/aromatic N) is 2. The number of aromatic nitrogens is 1. The third-order valence-electron chi connectivity index (χ3n) is 5.19. The van der Waals surface area contributed by atoms with Gasteiger partial charge in [0, 0.05) is 18.9 Å². The molecule has 0 bridgehead atoms. The third-order valence-corrected chi connectivity index (χ3v) is 5.19. The highest BCUT2D eigenvalue weighted by atomic mass is 16.5. The lowest BCUT2D eigenvalue weighted by molar-refractivity contribution is -0.126. The Balaban J connectivity index is 1.46. The van der Waals surface area contributed by atoms with E-state index in [2.05, 4.69) is 21.3 Å². The van der Waals surface area contributed by atoms with E-state index in [-0.39, 0.29) is 11.9 Å². The molecule has 26 heavy (non-hydrogen) atoms. The van der Waals surface area contributed by atoms with Crippen LogP contribution in [0.5, 0.6) is 5.75 Å². The van der Waals surface area contributed by atoms with Gasteiger partial charge in [0.05, 0.1) is 6.61 Å². The van der Waals surface area contributed by atoms with Gasteiger partial charge in [0.2, 0.25) is 5.91 Å². The Hall–Kier alpha value is -2.40. The fraction of sp³-hybridized carbons (Fsp3) is 0.429. The second-order valence-electron chi connectivity index (χ2n) is 7.04. The maximum atomic E-state index is 13.0. The molecule has 5 heteroatoms. The molecule has 1 N–H and O–H groups in total. The quantitative estimate of drug-likeness (QED) is 0.900. The van der Waals surface area contributed by atoms with Crippen LogP contribution in [0.2, 0.25) is 0 Å². The van der Waals surface area contributed by atoms with Crippen molar-refractivity contribution in [2.75, 3.05) is 19.7 Å². The van der Waals surface area contributed by atoms with Crippen LogP contribution in [-0.2, 0) is 17.8 Å². The van der Waals surface area contributed by atoms with Gasteiger partial charge in [-0.25, -0.2) is 0 Å². The van der Waals surface area contributed by atoms with Crippen LogP contribution >= 0.6 is 0 Å². The fourth-order valence-electron chi connectivity index (χ4n) is 3.88. The van der Waals surface area contributed by atoms with Crippen molar-refractivity contribution < 1.29 is 9.53 Å². The van der Waals surface area contributed by atoms with Crippen LogP contribution in [-0.4, -0.2) is 35.5 Å². The molecule has 1 aromatic carbocycles. The van der Waals surface area contributed by atoms with Crippen molar-refractivity contribution in [3.05, 3.63) is 59.4 Å². The molecule has 4 rings (SSSR count). The predicted octanol–water partition coefficient (Wildman–Crippen LogP) is 2.86. The summed E-state index contributed by atoms with van der Waals surface area (Å²) in [6.45, 7) is 3.26. The van der Waals surface area contributed by atoms with Gasteiger partial charge in [-0.3, -0.25) is 14.7 Å². The molecule has 0 saturated carbocycles. The van der Waals surface area contributed by atoms with Crippen LogP contribution in [0, 0.1) is 0 Å². The minimum absolute atomic E-state index is 0.0499. The topological polar surface area (TPSA) is 54.5 Å². The number of pyridine rings is 1. The van der Waals surface area contributed by atoms with E-state index < -0.39 is 0 Å². The van der Waals surface area contributed by atoms with E-state index >= 15 is 0 Å². The molecule has 0 spiro atoms. The standard InChI is InChI=1S/C21H25N3O2/c25-21(20(24-10-1-2-11-24)18-5-3-9-22-15-18)23-14-16-7-8-19-17(13-16)6-4-12-26-19/h3,5,7-9,13,15,20H,1-2,4,6,10-12,14H2,(H,23,25). The van der Waals surface area contributed by atoms with Crippen molar-refractivity contribution in [2.24, 2.45) is 0 Å². The maximum Gasteiger partial charge on any atom is 0.242 e. The fourth-order valence-corrected chi connectivity index (χ4v) is 3.88. The van der Waals surface area contributed by atoms with Crippen molar-refractivity contribution in [1.29, 1.82) is 0 Å². The molecule has 0 aliphatic carbocycles. The zero-order valence-corrected chi connectivity index (χ0v) is 15.0. The van der Waals surface area contributed by atoms with Crippen LogP contribution in [0.4, 0.5) is 0 Å². The number of aryl methyl sites for hydroxylation is 1. The van der Waals surface area contributed by atoms with Gasteiger partial charge < -0.3 is 10.1 Å². The lowest BCUT2D eigenvalue weighted by Gasteiger charge is -2.26. The average molecular weight is 351 g/mol. The van der Waals surface area contributed by atoms with Gasteiger partial charge in [-0.2, -0.15) is 0 Å². The number of nitrogens with one attached hydrogen (secondary N) is 1. The van der Waals surface area contributed by atoms with Crippen LogP contribution in [0.15, 0.2) is 42.7 Å². The highest BCUT2D eigenvalue weighted by molar-refractivity contribution is 5.83. The van der Waals surface area contributed by atoms with E-state index in [9.17, 15) is 4.79 Å². The Bertz CT molecular complexity index is 757. The summed E-state index contributed by atoms with van der Waals surface area (Å²) >= 11 is 0. The lowest BCUT2D eigenvalue weighted by Crippen LogP contribution is -2.39. The van der Waals surface area contributed by atoms with E-state index in [0.29, 0.717) is 6.54 Å². The second-order valence-corrected chi connectivity index (χ2v) is 7.04. The maximum absolute atomic E-state index is 13.0. The highest BCUT2D eigenvalue weighted by Crippen LogP contribution is 2.27. The number of hydrogen-bond acceptors (Lipinski definition) is 4. The van der Waals surface area contributed by atoms with E-state index in [4.69, 9.17) is 4.74 Å². The first-order chi connectivity index (χ1) is 12.8. The molecule has 3 heterocycles. The number of amides is 1. The summed E-state index contributed by atoms with van der Waals surface area (Å²) in [5.74, 6) is 1.03. The number of carbonyl (C=O) groups is 1. The van der Waals surface area contributed by atoms with Gasteiger partial charge in [0.25, 0.3) is 0 Å². The molecule has 1 unspecified atom stereocenters. The number of hydrogen-bond donors (Lipinski definition) is 1. The largest absolute Gasteiger partial charge is 0.493 e. The molecule has 2 aliphatic heterocycles. The highest BCUT2D eigenvalue weighted by Gasteiger charge is 2.29. The van der Waals surface area contributed by atoms with Gasteiger partial charge >= 0.3 is 0 Å². The summed E-state index contributed by atoms with van der Waals surface area (Å²) in [5.41, 5.74) is 3.33.